The van der Waals surface area contributed by atoms with E-state index in [1.165, 1.54) is 0 Å². The molecule has 0 fully saturated rings. The normalized spacial score (nSPS) is 12.0. The van der Waals surface area contributed by atoms with E-state index in [4.69, 9.17) is 4.42 Å². The van der Waals surface area contributed by atoms with Gasteiger partial charge in [0.2, 0.25) is 5.43 Å². The highest BCUT2D eigenvalue weighted by molar-refractivity contribution is 7.90. The number of anilines is 2. The fourth-order valence-corrected chi connectivity index (χ4v) is 4.12. The molecule has 8 nitrogen and oxygen atoms in total. The Morgan fingerprint density at radius 3 is 2.52 bits per heavy atom. The maximum atomic E-state index is 13.1. The van der Waals surface area contributed by atoms with Gasteiger partial charge in [-0.2, -0.15) is 13.1 Å². The number of benzene rings is 3. The quantitative estimate of drug-likeness (QED) is 0.386. The Morgan fingerprint density at radius 1 is 1.10 bits per heavy atom. The fraction of sp³-hybridized carbons (Fsp3) is 0.200. The summed E-state index contributed by atoms with van der Waals surface area (Å²) in [6.45, 7) is 1.83. The lowest BCUT2D eigenvalue weighted by Crippen LogP contribution is -2.32. The number of aromatic nitrogens is 1. The first-order chi connectivity index (χ1) is 13.8. The lowest BCUT2D eigenvalue weighted by molar-refractivity contribution is 0.587. The summed E-state index contributed by atoms with van der Waals surface area (Å²) in [6.07, 6.45) is 0. The molecule has 1 aliphatic heterocycles. The van der Waals surface area contributed by atoms with E-state index < -0.39 is 15.6 Å². The van der Waals surface area contributed by atoms with Gasteiger partial charge in [-0.05, 0) is 12.1 Å². The fourth-order valence-electron chi connectivity index (χ4n) is 3.22. The van der Waals surface area contributed by atoms with Gasteiger partial charge in [0.25, 0.3) is 10.2 Å². The van der Waals surface area contributed by atoms with Gasteiger partial charge in [-0.1, -0.05) is 31.2 Å². The summed E-state index contributed by atoms with van der Waals surface area (Å²) in [5.74, 6) is 0.0959. The summed E-state index contributed by atoms with van der Waals surface area (Å²) >= 11 is 0. The third-order valence-electron chi connectivity index (χ3n) is 4.57. The molecule has 0 saturated heterocycles. The maximum absolute atomic E-state index is 13.1. The van der Waals surface area contributed by atoms with Crippen LogP contribution in [0.4, 0.5) is 11.4 Å². The summed E-state index contributed by atoms with van der Waals surface area (Å²) in [4.78, 5) is 19.7. The van der Waals surface area contributed by atoms with E-state index in [9.17, 15) is 13.2 Å². The van der Waals surface area contributed by atoms with Crippen LogP contribution in [0.2, 0.25) is 0 Å². The van der Waals surface area contributed by atoms with Gasteiger partial charge >= 0.3 is 0 Å². The molecule has 0 amide bonds. The smallest absolute Gasteiger partial charge is 0.299 e. The van der Waals surface area contributed by atoms with Crippen molar-refractivity contribution >= 4 is 43.5 Å². The highest BCUT2D eigenvalue weighted by Crippen LogP contribution is 2.36. The molecule has 2 aromatic rings. The third-order valence-corrected chi connectivity index (χ3v) is 5.71. The van der Waals surface area contributed by atoms with E-state index in [-0.39, 0.29) is 18.0 Å². The van der Waals surface area contributed by atoms with Gasteiger partial charge < -0.3 is 9.32 Å². The Balaban J connectivity index is 2.10. The maximum Gasteiger partial charge on any atom is 0.299 e. The minimum atomic E-state index is -3.94. The second-order valence-corrected chi connectivity index (χ2v) is 8.29. The van der Waals surface area contributed by atoms with Crippen molar-refractivity contribution in [3.8, 4) is 11.5 Å². The first-order valence-corrected chi connectivity index (χ1v) is 10.5. The summed E-state index contributed by atoms with van der Waals surface area (Å²) in [5, 5.41) is 0.961. The van der Waals surface area contributed by atoms with Crippen LogP contribution in [0.5, 0.6) is 0 Å². The lowest BCUT2D eigenvalue weighted by Gasteiger charge is -2.17. The molecule has 4 rings (SSSR count). The molecule has 2 N–H and O–H groups in total. The average Bonchev–Trinajstić information content (AvgIpc) is 2.69. The van der Waals surface area contributed by atoms with Crippen molar-refractivity contribution in [2.24, 2.45) is 0 Å². The summed E-state index contributed by atoms with van der Waals surface area (Å²) in [5.41, 5.74) is 1.72. The topological polar surface area (TPSA) is 105 Å². The molecule has 0 atom stereocenters. The van der Waals surface area contributed by atoms with Crippen LogP contribution in [0.25, 0.3) is 33.3 Å². The van der Waals surface area contributed by atoms with Gasteiger partial charge in [0.05, 0.1) is 0 Å². The Bertz CT molecular complexity index is 1360. The third kappa shape index (κ3) is 3.39. The molecule has 2 aromatic carbocycles. The molecule has 0 saturated carbocycles. The predicted molar refractivity (Wildman–Crippen MR) is 115 cm³/mol. The molecule has 0 bridgehead atoms. The standard InChI is InChI=1S/C20H20N4O4S/c1-4-21-29(26,27)23-18-19(25)14-8-6-5-7-13(14)17-20(18)28-16-11-12(24(2)3)9-10-15(16)22-17/h5-11,21,23H,4H2,1-3H3. The van der Waals surface area contributed by atoms with E-state index in [2.05, 4.69) is 14.4 Å². The molecule has 0 radical (unpaired) electrons. The van der Waals surface area contributed by atoms with Crippen LogP contribution >= 0.6 is 0 Å². The molecule has 29 heavy (non-hydrogen) atoms. The van der Waals surface area contributed by atoms with Crippen molar-refractivity contribution in [2.75, 3.05) is 30.3 Å². The minimum Gasteiger partial charge on any atom is -0.450 e. The minimum absolute atomic E-state index is 0.0959. The molecule has 0 unspecified atom stereocenters. The summed E-state index contributed by atoms with van der Waals surface area (Å²) < 4.78 is 35.3. The van der Waals surface area contributed by atoms with Gasteiger partial charge in [0.15, 0.2) is 11.3 Å². The van der Waals surface area contributed by atoms with Crippen LogP contribution in [-0.2, 0) is 10.2 Å². The molecule has 0 spiro atoms. The van der Waals surface area contributed by atoms with Crippen LogP contribution < -0.4 is 19.8 Å². The monoisotopic (exact) mass is 412 g/mol. The van der Waals surface area contributed by atoms with Crippen LogP contribution in [0.15, 0.2) is 51.7 Å². The second kappa shape index (κ2) is 7.02. The Labute approximate surface area is 167 Å². The Kier molecular flexibility index (Phi) is 4.64. The Hall–Kier alpha value is -3.17. The van der Waals surface area contributed by atoms with E-state index in [1.807, 2.05) is 31.1 Å². The van der Waals surface area contributed by atoms with Crippen LogP contribution in [0.3, 0.4) is 0 Å². The van der Waals surface area contributed by atoms with Gasteiger partial charge in [0.1, 0.15) is 16.9 Å². The van der Waals surface area contributed by atoms with Crippen molar-refractivity contribution < 1.29 is 12.8 Å². The number of nitrogens with one attached hydrogen (secondary N) is 2. The molecule has 2 aliphatic rings. The first kappa shape index (κ1) is 19.2. The number of hydrogen-bond acceptors (Lipinski definition) is 6. The van der Waals surface area contributed by atoms with Crippen LogP contribution in [0.1, 0.15) is 6.92 Å². The van der Waals surface area contributed by atoms with Crippen molar-refractivity contribution in [2.45, 2.75) is 6.92 Å². The molecular weight excluding hydrogens is 392 g/mol. The molecule has 0 aromatic heterocycles. The van der Waals surface area contributed by atoms with Crippen molar-refractivity contribution in [3.05, 3.63) is 52.7 Å². The molecule has 150 valence electrons. The summed E-state index contributed by atoms with van der Waals surface area (Å²) in [7, 11) is -0.143. The largest absolute Gasteiger partial charge is 0.450 e. The number of hydrogen-bond donors (Lipinski definition) is 2. The van der Waals surface area contributed by atoms with E-state index in [0.717, 1.165) is 5.69 Å². The van der Waals surface area contributed by atoms with Gasteiger partial charge in [0, 0.05) is 43.2 Å². The van der Waals surface area contributed by atoms with Gasteiger partial charge in [-0.15, -0.1) is 0 Å². The van der Waals surface area contributed by atoms with Gasteiger partial charge in [-0.25, -0.2) is 4.98 Å². The zero-order valence-electron chi connectivity index (χ0n) is 16.2. The predicted octanol–water partition coefficient (Wildman–Crippen LogP) is 2.78. The molecule has 1 aliphatic carbocycles. The van der Waals surface area contributed by atoms with Crippen LogP contribution in [-0.4, -0.2) is 34.0 Å². The summed E-state index contributed by atoms with van der Waals surface area (Å²) in [6, 6.07) is 12.5. The zero-order chi connectivity index (χ0) is 20.8. The van der Waals surface area contributed by atoms with Gasteiger partial charge in [-0.3, -0.25) is 9.52 Å². The first-order valence-electron chi connectivity index (χ1n) is 9.05. The Morgan fingerprint density at radius 2 is 1.83 bits per heavy atom. The second-order valence-electron chi connectivity index (χ2n) is 6.79. The number of nitrogens with zero attached hydrogens (tertiary/aromatic N) is 2. The van der Waals surface area contributed by atoms with Crippen molar-refractivity contribution in [1.82, 2.24) is 9.71 Å². The van der Waals surface area contributed by atoms with Crippen molar-refractivity contribution in [1.29, 1.82) is 0 Å². The van der Waals surface area contributed by atoms with E-state index in [1.54, 1.807) is 37.3 Å². The van der Waals surface area contributed by atoms with E-state index >= 15 is 0 Å². The zero-order valence-corrected chi connectivity index (χ0v) is 17.0. The van der Waals surface area contributed by atoms with Crippen LogP contribution in [0, 0.1) is 0 Å². The number of fused-ring (bicyclic) bond motifs is 4. The van der Waals surface area contributed by atoms with Crippen molar-refractivity contribution in [3.63, 3.8) is 0 Å². The molecular formula is C20H20N4O4S. The highest BCUT2D eigenvalue weighted by Gasteiger charge is 2.25. The average molecular weight is 412 g/mol. The SMILES string of the molecule is CCNS(=O)(=O)Nc1c2oc3cc(N(C)C)ccc3nc-2c2ccccc2c1=O. The lowest BCUT2D eigenvalue weighted by atomic mass is 10.0. The van der Waals surface area contributed by atoms with E-state index in [0.29, 0.717) is 27.6 Å². The highest BCUT2D eigenvalue weighted by atomic mass is 32.2. The molecule has 9 heteroatoms. The molecule has 1 heterocycles. The number of rotatable bonds is 5.